The monoisotopic (exact) mass is 329 g/mol. The van der Waals surface area contributed by atoms with Gasteiger partial charge in [-0.25, -0.2) is 9.97 Å². The molecule has 0 atom stereocenters. The van der Waals surface area contributed by atoms with E-state index in [0.717, 1.165) is 5.56 Å². The zero-order valence-electron chi connectivity index (χ0n) is 14.6. The van der Waals surface area contributed by atoms with Crippen molar-refractivity contribution >= 4 is 11.8 Å². The summed E-state index contributed by atoms with van der Waals surface area (Å²) in [6.45, 7) is 7.72. The fourth-order valence-electron chi connectivity index (χ4n) is 1.66. The zero-order chi connectivity index (χ0) is 18.1. The second-order valence-electron chi connectivity index (χ2n) is 5.00. The molecule has 4 N–H and O–H groups in total. The van der Waals surface area contributed by atoms with Gasteiger partial charge in [0, 0.05) is 17.8 Å². The van der Waals surface area contributed by atoms with Gasteiger partial charge in [-0.05, 0) is 19.8 Å². The van der Waals surface area contributed by atoms with Crippen LogP contribution < -0.4 is 20.9 Å². The van der Waals surface area contributed by atoms with Crippen molar-refractivity contribution in [1.29, 1.82) is 0 Å². The summed E-state index contributed by atoms with van der Waals surface area (Å²) < 4.78 is 10.9. The molecule has 7 nitrogen and oxygen atoms in total. The van der Waals surface area contributed by atoms with E-state index in [4.69, 9.17) is 20.9 Å². The summed E-state index contributed by atoms with van der Waals surface area (Å²) in [5.74, 6) is 7.29. The van der Waals surface area contributed by atoms with E-state index < -0.39 is 0 Å². The molecule has 0 saturated carbocycles. The third kappa shape index (κ3) is 5.32. The summed E-state index contributed by atoms with van der Waals surface area (Å²) in [7, 11) is 1.54. The number of nitrogens with two attached hydrogens (primary N) is 2. The number of nitrogens with zero attached hydrogens (tertiary/aromatic N) is 3. The Bertz CT molecular complexity index is 729. The smallest absolute Gasteiger partial charge is 0.222 e. The second-order valence-corrected chi connectivity index (χ2v) is 5.00. The molecule has 0 bridgehead atoms. The molecule has 2 aromatic rings. The predicted octanol–water partition coefficient (Wildman–Crippen LogP) is 2.99. The van der Waals surface area contributed by atoms with E-state index in [9.17, 15) is 0 Å². The summed E-state index contributed by atoms with van der Waals surface area (Å²) in [5.41, 5.74) is 12.2. The predicted molar refractivity (Wildman–Crippen MR) is 94.9 cm³/mol. The van der Waals surface area contributed by atoms with E-state index >= 15 is 0 Å². The molecule has 0 fully saturated rings. The molecule has 0 aliphatic carbocycles. The zero-order valence-corrected chi connectivity index (χ0v) is 14.6. The molecule has 2 aromatic heterocycles. The maximum atomic E-state index is 5.77. The van der Waals surface area contributed by atoms with Gasteiger partial charge in [-0.15, -0.1) is 11.8 Å². The van der Waals surface area contributed by atoms with Crippen molar-refractivity contribution in [2.45, 2.75) is 33.6 Å². The van der Waals surface area contributed by atoms with E-state index in [1.807, 2.05) is 27.7 Å². The van der Waals surface area contributed by atoms with Crippen LogP contribution in [0.1, 0.15) is 39.2 Å². The van der Waals surface area contributed by atoms with Crippen molar-refractivity contribution in [2.75, 3.05) is 18.6 Å². The van der Waals surface area contributed by atoms with Crippen molar-refractivity contribution in [2.24, 2.45) is 0 Å². The van der Waals surface area contributed by atoms with E-state index in [1.165, 1.54) is 6.20 Å². The molecule has 0 aromatic carbocycles. The Morgan fingerprint density at radius 1 is 1.04 bits per heavy atom. The van der Waals surface area contributed by atoms with E-state index in [-0.39, 0.29) is 17.7 Å². The molecule has 7 heteroatoms. The minimum absolute atomic E-state index is 0.103. The highest BCUT2D eigenvalue weighted by molar-refractivity contribution is 5.50. The number of pyridine rings is 1. The van der Waals surface area contributed by atoms with Gasteiger partial charge in [0.1, 0.15) is 5.75 Å². The quantitative estimate of drug-likeness (QED) is 0.830. The Morgan fingerprint density at radius 2 is 1.71 bits per heavy atom. The van der Waals surface area contributed by atoms with Gasteiger partial charge in [-0.3, -0.25) is 0 Å². The Balaban J connectivity index is 0.000000648. The molecular formula is C17H23N5O2. The van der Waals surface area contributed by atoms with Crippen LogP contribution in [0.2, 0.25) is 0 Å². The van der Waals surface area contributed by atoms with Gasteiger partial charge in [-0.2, -0.15) is 4.98 Å². The van der Waals surface area contributed by atoms with Crippen molar-refractivity contribution in [3.05, 3.63) is 24.0 Å². The number of nitrogen functional groups attached to an aromatic ring is 2. The SMILES string of the molecule is CC#CC.COc1cc(Oc2cnc(N)nc2N)c(C(C)C)cn1. The largest absolute Gasteiger partial charge is 0.481 e. The average molecular weight is 329 g/mol. The van der Waals surface area contributed by atoms with Crippen LogP contribution in [0, 0.1) is 11.8 Å². The van der Waals surface area contributed by atoms with Crippen LogP contribution >= 0.6 is 0 Å². The summed E-state index contributed by atoms with van der Waals surface area (Å²) >= 11 is 0. The first-order valence-corrected chi connectivity index (χ1v) is 7.36. The normalized spacial score (nSPS) is 9.42. The molecule has 0 saturated heterocycles. The third-order valence-corrected chi connectivity index (χ3v) is 2.97. The highest BCUT2D eigenvalue weighted by atomic mass is 16.5. The minimum Gasteiger partial charge on any atom is -0.481 e. The molecule has 0 unspecified atom stereocenters. The van der Waals surface area contributed by atoms with Crippen molar-refractivity contribution in [1.82, 2.24) is 15.0 Å². The lowest BCUT2D eigenvalue weighted by Gasteiger charge is -2.14. The highest BCUT2D eigenvalue weighted by Crippen LogP contribution is 2.33. The fourth-order valence-corrected chi connectivity index (χ4v) is 1.66. The molecule has 0 aliphatic rings. The van der Waals surface area contributed by atoms with E-state index in [0.29, 0.717) is 17.4 Å². The van der Waals surface area contributed by atoms with Crippen molar-refractivity contribution < 1.29 is 9.47 Å². The summed E-state index contributed by atoms with van der Waals surface area (Å²) in [6.07, 6.45) is 3.15. The summed E-state index contributed by atoms with van der Waals surface area (Å²) in [5, 5.41) is 0. The standard InChI is InChI=1S/C13H17N5O2.C4H6/c1-7(2)8-5-16-11(19-3)4-9(8)20-10-6-17-13(15)18-12(10)14;1-3-4-2/h4-7H,1-3H3,(H4,14,15,17,18);1-2H3. The van der Waals surface area contributed by atoms with Gasteiger partial charge >= 0.3 is 0 Å². The molecule has 128 valence electrons. The number of hydrogen-bond acceptors (Lipinski definition) is 7. The second kappa shape index (κ2) is 9.20. The molecule has 0 amide bonds. The number of hydrogen-bond donors (Lipinski definition) is 2. The van der Waals surface area contributed by atoms with Crippen LogP contribution in [-0.4, -0.2) is 22.1 Å². The molecule has 2 rings (SSSR count). The van der Waals surface area contributed by atoms with Gasteiger partial charge in [0.2, 0.25) is 11.8 Å². The average Bonchev–Trinajstić information content (AvgIpc) is 2.57. The Labute approximate surface area is 142 Å². The Hall–Kier alpha value is -3.01. The van der Waals surface area contributed by atoms with E-state index in [2.05, 4.69) is 26.8 Å². The van der Waals surface area contributed by atoms with Crippen LogP contribution in [-0.2, 0) is 0 Å². The van der Waals surface area contributed by atoms with E-state index in [1.54, 1.807) is 19.4 Å². The Morgan fingerprint density at radius 3 is 2.21 bits per heavy atom. The van der Waals surface area contributed by atoms with Crippen LogP contribution in [0.25, 0.3) is 0 Å². The molecule has 0 aliphatic heterocycles. The first-order chi connectivity index (χ1) is 11.4. The summed E-state index contributed by atoms with van der Waals surface area (Å²) in [6, 6.07) is 1.70. The van der Waals surface area contributed by atoms with Gasteiger partial charge in [0.25, 0.3) is 0 Å². The summed E-state index contributed by atoms with van der Waals surface area (Å²) in [4.78, 5) is 11.9. The van der Waals surface area contributed by atoms with Gasteiger partial charge < -0.3 is 20.9 Å². The molecule has 0 spiro atoms. The maximum Gasteiger partial charge on any atom is 0.222 e. The minimum atomic E-state index is 0.103. The number of anilines is 2. The van der Waals surface area contributed by atoms with Gasteiger partial charge in [0.15, 0.2) is 11.6 Å². The van der Waals surface area contributed by atoms with Gasteiger partial charge in [0.05, 0.1) is 13.3 Å². The molecule has 2 heterocycles. The van der Waals surface area contributed by atoms with Crippen LogP contribution in [0.3, 0.4) is 0 Å². The van der Waals surface area contributed by atoms with Gasteiger partial charge in [-0.1, -0.05) is 13.8 Å². The first-order valence-electron chi connectivity index (χ1n) is 7.36. The molecular weight excluding hydrogens is 306 g/mol. The van der Waals surface area contributed by atoms with Crippen LogP contribution in [0.4, 0.5) is 11.8 Å². The first kappa shape index (κ1) is 19.0. The topological polar surface area (TPSA) is 109 Å². The fraction of sp³-hybridized carbons (Fsp3) is 0.353. The van der Waals surface area contributed by atoms with Crippen LogP contribution in [0.15, 0.2) is 18.5 Å². The molecule has 24 heavy (non-hydrogen) atoms. The molecule has 0 radical (unpaired) electrons. The third-order valence-electron chi connectivity index (χ3n) is 2.97. The Kier molecular flexibility index (Phi) is 7.30. The van der Waals surface area contributed by atoms with Crippen molar-refractivity contribution in [3.8, 4) is 29.2 Å². The lowest BCUT2D eigenvalue weighted by atomic mass is 10.0. The van der Waals surface area contributed by atoms with Crippen molar-refractivity contribution in [3.63, 3.8) is 0 Å². The number of rotatable bonds is 4. The van der Waals surface area contributed by atoms with Crippen LogP contribution in [0.5, 0.6) is 17.4 Å². The number of aromatic nitrogens is 3. The lowest BCUT2D eigenvalue weighted by molar-refractivity contribution is 0.390. The number of methoxy groups -OCH3 is 1. The number of ether oxygens (including phenoxy) is 2. The lowest BCUT2D eigenvalue weighted by Crippen LogP contribution is -2.03. The highest BCUT2D eigenvalue weighted by Gasteiger charge is 2.13. The maximum absolute atomic E-state index is 5.77.